The Morgan fingerprint density at radius 2 is 1.65 bits per heavy atom. The van der Waals surface area contributed by atoms with Crippen LogP contribution in [0.2, 0.25) is 0 Å². The molecule has 0 aliphatic rings. The Labute approximate surface area is 120 Å². The van der Waals surface area contributed by atoms with Crippen molar-refractivity contribution in [2.75, 3.05) is 14.2 Å². The Bertz CT molecular complexity index is 503. The molecule has 0 saturated heterocycles. The molecule has 5 heteroatoms. The molecule has 1 aromatic heterocycles. The fourth-order valence-electron chi connectivity index (χ4n) is 1.92. The van der Waals surface area contributed by atoms with E-state index < -0.39 is 8.80 Å². The molecular formula is C15H19NO3Si. The van der Waals surface area contributed by atoms with E-state index in [9.17, 15) is 0 Å². The highest BCUT2D eigenvalue weighted by atomic mass is 28.4. The van der Waals surface area contributed by atoms with Gasteiger partial charge in [0.2, 0.25) is 0 Å². The van der Waals surface area contributed by atoms with E-state index in [-0.39, 0.29) is 0 Å². The lowest BCUT2D eigenvalue weighted by atomic mass is 10.2. The first-order chi connectivity index (χ1) is 9.78. The summed E-state index contributed by atoms with van der Waals surface area (Å²) in [4.78, 5) is 4.07. The van der Waals surface area contributed by atoms with Crippen molar-refractivity contribution in [2.24, 2.45) is 0 Å². The summed E-state index contributed by atoms with van der Waals surface area (Å²) in [6.45, 7) is 0.439. The first-order valence-corrected chi connectivity index (χ1v) is 8.38. The van der Waals surface area contributed by atoms with Gasteiger partial charge < -0.3 is 13.3 Å². The van der Waals surface area contributed by atoms with Crippen LogP contribution in [0.15, 0.2) is 54.9 Å². The Balaban J connectivity index is 2.05. The summed E-state index contributed by atoms with van der Waals surface area (Å²) in [7, 11) is 0.587. The van der Waals surface area contributed by atoms with Crippen molar-refractivity contribution in [1.82, 2.24) is 4.98 Å². The smallest absolute Gasteiger partial charge is 0.377 e. The van der Waals surface area contributed by atoms with E-state index in [1.165, 1.54) is 0 Å². The van der Waals surface area contributed by atoms with Crippen molar-refractivity contribution in [3.8, 4) is 0 Å². The number of hydrogen-bond acceptors (Lipinski definition) is 4. The van der Waals surface area contributed by atoms with Crippen LogP contribution in [0.25, 0.3) is 0 Å². The third-order valence-electron chi connectivity index (χ3n) is 3.07. The summed E-state index contributed by atoms with van der Waals surface area (Å²) < 4.78 is 17.1. The Kier molecular flexibility index (Phi) is 5.43. The van der Waals surface area contributed by atoms with Crippen molar-refractivity contribution >= 4 is 8.80 Å². The monoisotopic (exact) mass is 289 g/mol. The van der Waals surface area contributed by atoms with Crippen LogP contribution in [0, 0.1) is 0 Å². The van der Waals surface area contributed by atoms with Crippen LogP contribution in [-0.4, -0.2) is 28.0 Å². The number of rotatable bonds is 7. The Hall–Kier alpha value is -1.53. The highest BCUT2D eigenvalue weighted by Crippen LogP contribution is 2.17. The maximum Gasteiger partial charge on any atom is 0.505 e. The van der Waals surface area contributed by atoms with Crippen molar-refractivity contribution < 1.29 is 13.3 Å². The third-order valence-corrected chi connectivity index (χ3v) is 5.74. The number of nitrogens with zero attached hydrogens (tertiary/aromatic N) is 1. The van der Waals surface area contributed by atoms with E-state index in [0.29, 0.717) is 12.7 Å². The highest BCUT2D eigenvalue weighted by Gasteiger charge is 2.39. The summed E-state index contributed by atoms with van der Waals surface area (Å²) in [5.74, 6) is 0. The van der Waals surface area contributed by atoms with Gasteiger partial charge in [-0.2, -0.15) is 0 Å². The van der Waals surface area contributed by atoms with Crippen molar-refractivity contribution in [1.29, 1.82) is 0 Å². The second-order valence-corrected chi connectivity index (χ2v) is 7.23. The molecule has 0 unspecified atom stereocenters. The molecule has 2 rings (SSSR count). The SMILES string of the molecule is CO[Si](Cc1ccccc1)(OC)OCc1cccnc1. The molecule has 0 aliphatic carbocycles. The molecular weight excluding hydrogens is 270 g/mol. The van der Waals surface area contributed by atoms with E-state index in [1.54, 1.807) is 26.6 Å². The average molecular weight is 289 g/mol. The normalized spacial score (nSPS) is 11.5. The van der Waals surface area contributed by atoms with Crippen LogP contribution in [0.5, 0.6) is 0 Å². The van der Waals surface area contributed by atoms with Crippen LogP contribution in [-0.2, 0) is 25.9 Å². The predicted molar refractivity (Wildman–Crippen MR) is 78.9 cm³/mol. The lowest BCUT2D eigenvalue weighted by molar-refractivity contribution is 0.0903. The predicted octanol–water partition coefficient (Wildman–Crippen LogP) is 2.61. The molecule has 0 atom stereocenters. The maximum atomic E-state index is 5.97. The van der Waals surface area contributed by atoms with Gasteiger partial charge in [-0.3, -0.25) is 4.98 Å². The minimum absolute atomic E-state index is 0.439. The largest absolute Gasteiger partial charge is 0.505 e. The standard InChI is InChI=1S/C15H19NO3Si/c1-17-20(18-2,13-14-7-4-3-5-8-14)19-12-15-9-6-10-16-11-15/h3-11H,12-13H2,1-2H3. The molecule has 0 amide bonds. The van der Waals surface area contributed by atoms with Crippen LogP contribution in [0.1, 0.15) is 11.1 Å². The van der Waals surface area contributed by atoms with Crippen LogP contribution in [0.4, 0.5) is 0 Å². The Morgan fingerprint density at radius 1 is 0.950 bits per heavy atom. The quantitative estimate of drug-likeness (QED) is 0.735. The molecule has 4 nitrogen and oxygen atoms in total. The molecule has 0 bridgehead atoms. The van der Waals surface area contributed by atoms with Crippen molar-refractivity contribution in [3.05, 3.63) is 66.0 Å². The summed E-state index contributed by atoms with van der Waals surface area (Å²) in [5.41, 5.74) is 2.15. The van der Waals surface area contributed by atoms with Gasteiger partial charge in [0.1, 0.15) is 0 Å². The summed E-state index contributed by atoms with van der Waals surface area (Å²) in [6, 6.07) is 14.6. The summed E-state index contributed by atoms with van der Waals surface area (Å²) >= 11 is 0. The summed E-state index contributed by atoms with van der Waals surface area (Å²) in [6.07, 6.45) is 3.53. The van der Waals surface area contributed by atoms with Crippen LogP contribution in [0.3, 0.4) is 0 Å². The van der Waals surface area contributed by atoms with Gasteiger partial charge in [-0.25, -0.2) is 0 Å². The van der Waals surface area contributed by atoms with Crippen molar-refractivity contribution in [3.63, 3.8) is 0 Å². The molecule has 0 saturated carbocycles. The fraction of sp³-hybridized carbons (Fsp3) is 0.267. The van der Waals surface area contributed by atoms with Crippen LogP contribution >= 0.6 is 0 Å². The van der Waals surface area contributed by atoms with Crippen LogP contribution < -0.4 is 0 Å². The van der Waals surface area contributed by atoms with E-state index in [0.717, 1.165) is 11.1 Å². The molecule has 1 aromatic carbocycles. The zero-order chi connectivity index (χ0) is 14.3. The summed E-state index contributed by atoms with van der Waals surface area (Å²) in [5, 5.41) is 0. The lowest BCUT2D eigenvalue weighted by Crippen LogP contribution is -2.46. The van der Waals surface area contributed by atoms with Gasteiger partial charge in [-0.15, -0.1) is 0 Å². The van der Waals surface area contributed by atoms with E-state index in [2.05, 4.69) is 4.98 Å². The van der Waals surface area contributed by atoms with Gasteiger partial charge >= 0.3 is 8.80 Å². The number of hydrogen-bond donors (Lipinski definition) is 0. The molecule has 0 spiro atoms. The average Bonchev–Trinajstić information content (AvgIpc) is 2.53. The molecule has 0 aliphatic heterocycles. The number of benzene rings is 1. The highest BCUT2D eigenvalue weighted by molar-refractivity contribution is 6.60. The van der Waals surface area contributed by atoms with Gasteiger partial charge in [0, 0.05) is 32.7 Å². The minimum Gasteiger partial charge on any atom is -0.377 e. The van der Waals surface area contributed by atoms with E-state index in [1.807, 2.05) is 42.5 Å². The van der Waals surface area contributed by atoms with Crippen molar-refractivity contribution in [2.45, 2.75) is 12.7 Å². The topological polar surface area (TPSA) is 40.6 Å². The van der Waals surface area contributed by atoms with Gasteiger partial charge in [-0.1, -0.05) is 36.4 Å². The molecule has 0 N–H and O–H groups in total. The molecule has 0 radical (unpaired) electrons. The lowest BCUT2D eigenvalue weighted by Gasteiger charge is -2.26. The third kappa shape index (κ3) is 3.98. The van der Waals surface area contributed by atoms with Gasteiger partial charge in [0.15, 0.2) is 0 Å². The zero-order valence-electron chi connectivity index (χ0n) is 11.8. The second-order valence-electron chi connectivity index (χ2n) is 4.40. The first-order valence-electron chi connectivity index (χ1n) is 6.45. The second kappa shape index (κ2) is 7.30. The van der Waals surface area contributed by atoms with E-state index in [4.69, 9.17) is 13.3 Å². The van der Waals surface area contributed by atoms with Gasteiger partial charge in [0.25, 0.3) is 0 Å². The fourth-order valence-corrected chi connectivity index (χ4v) is 3.83. The molecule has 2 aromatic rings. The molecule has 106 valence electrons. The zero-order valence-corrected chi connectivity index (χ0v) is 12.8. The maximum absolute atomic E-state index is 5.97. The Morgan fingerprint density at radius 3 is 2.25 bits per heavy atom. The van der Waals surface area contributed by atoms with E-state index >= 15 is 0 Å². The molecule has 1 heterocycles. The number of aromatic nitrogens is 1. The number of pyridine rings is 1. The van der Waals surface area contributed by atoms with Gasteiger partial charge in [0.05, 0.1) is 6.61 Å². The first kappa shape index (κ1) is 14.9. The molecule has 0 fully saturated rings. The van der Waals surface area contributed by atoms with Gasteiger partial charge in [-0.05, 0) is 17.2 Å². The molecule has 20 heavy (non-hydrogen) atoms. The minimum atomic E-state index is -2.69.